The lowest BCUT2D eigenvalue weighted by molar-refractivity contribution is -0.120. The maximum atomic E-state index is 11.9. The second-order valence-corrected chi connectivity index (χ2v) is 5.33. The minimum atomic E-state index is 0.109. The molecule has 1 N–H and O–H groups in total. The van der Waals surface area contributed by atoms with Crippen LogP contribution in [0.15, 0.2) is 12.2 Å². The van der Waals surface area contributed by atoms with Crippen LogP contribution in [-0.2, 0) is 4.79 Å². The Labute approximate surface area is 99.6 Å². The Hall–Kier alpha value is -1.16. The molecule has 0 saturated carbocycles. The summed E-state index contributed by atoms with van der Waals surface area (Å²) in [7, 11) is 0. The Kier molecular flexibility index (Phi) is 3.39. The van der Waals surface area contributed by atoms with Crippen molar-refractivity contribution in [1.29, 1.82) is 0 Å². The average Bonchev–Trinajstić information content (AvgIpc) is 2.59. The van der Waals surface area contributed by atoms with Crippen LogP contribution in [0, 0.1) is 19.8 Å². The Balaban J connectivity index is 1.99. The third kappa shape index (κ3) is 2.50. The average molecular weight is 236 g/mol. The van der Waals surface area contributed by atoms with Crippen LogP contribution in [-0.4, -0.2) is 10.9 Å². The molecular formula is C12H16N2OS. The number of anilines is 1. The third-order valence-corrected chi connectivity index (χ3v) is 3.89. The number of nitrogens with zero attached hydrogens (tertiary/aromatic N) is 1. The molecule has 0 radical (unpaired) electrons. The Morgan fingerprint density at radius 3 is 2.88 bits per heavy atom. The minimum absolute atomic E-state index is 0.109. The number of aromatic nitrogens is 1. The highest BCUT2D eigenvalue weighted by molar-refractivity contribution is 7.15. The van der Waals surface area contributed by atoms with E-state index in [0.29, 0.717) is 0 Å². The van der Waals surface area contributed by atoms with Crippen molar-refractivity contribution in [1.82, 2.24) is 4.98 Å². The fourth-order valence-corrected chi connectivity index (χ4v) is 2.58. The van der Waals surface area contributed by atoms with Crippen molar-refractivity contribution in [2.24, 2.45) is 5.92 Å². The topological polar surface area (TPSA) is 42.0 Å². The van der Waals surface area contributed by atoms with E-state index in [1.54, 1.807) is 11.3 Å². The summed E-state index contributed by atoms with van der Waals surface area (Å²) in [5.74, 6) is 0.229. The fraction of sp³-hybridized carbons (Fsp3) is 0.500. The molecule has 0 spiro atoms. The largest absolute Gasteiger partial charge is 0.302 e. The number of hydrogen-bond acceptors (Lipinski definition) is 3. The monoisotopic (exact) mass is 236 g/mol. The van der Waals surface area contributed by atoms with E-state index in [9.17, 15) is 4.79 Å². The number of aryl methyl sites for hydroxylation is 2. The maximum Gasteiger partial charge on any atom is 0.229 e. The van der Waals surface area contributed by atoms with E-state index >= 15 is 0 Å². The molecule has 16 heavy (non-hydrogen) atoms. The molecule has 0 saturated heterocycles. The lowest BCUT2D eigenvalue weighted by atomic mass is 9.94. The molecular weight excluding hydrogens is 220 g/mol. The second-order valence-electron chi connectivity index (χ2n) is 4.13. The minimum Gasteiger partial charge on any atom is -0.302 e. The molecule has 0 bridgehead atoms. The highest BCUT2D eigenvalue weighted by atomic mass is 32.1. The summed E-state index contributed by atoms with van der Waals surface area (Å²) in [5.41, 5.74) is 1.00. The van der Waals surface area contributed by atoms with E-state index in [2.05, 4.69) is 22.5 Å². The van der Waals surface area contributed by atoms with Crippen LogP contribution in [0.25, 0.3) is 0 Å². The van der Waals surface area contributed by atoms with Gasteiger partial charge in [0.15, 0.2) is 5.13 Å². The van der Waals surface area contributed by atoms with Gasteiger partial charge in [-0.2, -0.15) is 0 Å². The highest BCUT2D eigenvalue weighted by Crippen LogP contribution is 2.24. The van der Waals surface area contributed by atoms with Crippen LogP contribution in [0.2, 0.25) is 0 Å². The van der Waals surface area contributed by atoms with Crippen LogP contribution in [0.3, 0.4) is 0 Å². The third-order valence-electron chi connectivity index (χ3n) is 2.90. The number of carbonyl (C=O) groups is 1. The Morgan fingerprint density at radius 1 is 1.50 bits per heavy atom. The van der Waals surface area contributed by atoms with Gasteiger partial charge in [0.2, 0.25) is 5.91 Å². The molecule has 3 nitrogen and oxygen atoms in total. The molecule has 1 amide bonds. The van der Waals surface area contributed by atoms with E-state index in [-0.39, 0.29) is 11.8 Å². The smallest absolute Gasteiger partial charge is 0.229 e. The zero-order valence-electron chi connectivity index (χ0n) is 9.62. The van der Waals surface area contributed by atoms with Gasteiger partial charge in [-0.25, -0.2) is 4.98 Å². The highest BCUT2D eigenvalue weighted by Gasteiger charge is 2.19. The van der Waals surface area contributed by atoms with Crippen LogP contribution >= 0.6 is 11.3 Å². The van der Waals surface area contributed by atoms with Gasteiger partial charge in [0.1, 0.15) is 0 Å². The van der Waals surface area contributed by atoms with Gasteiger partial charge in [-0.15, -0.1) is 11.3 Å². The second kappa shape index (κ2) is 4.78. The first-order valence-corrected chi connectivity index (χ1v) is 6.38. The lowest BCUT2D eigenvalue weighted by Gasteiger charge is -2.15. The van der Waals surface area contributed by atoms with Crippen molar-refractivity contribution in [2.75, 3.05) is 5.32 Å². The van der Waals surface area contributed by atoms with E-state index in [1.165, 1.54) is 4.88 Å². The zero-order valence-corrected chi connectivity index (χ0v) is 10.4. The Morgan fingerprint density at radius 2 is 2.31 bits per heavy atom. The molecule has 1 aliphatic rings. The number of rotatable bonds is 2. The van der Waals surface area contributed by atoms with Gasteiger partial charge in [0.25, 0.3) is 0 Å². The van der Waals surface area contributed by atoms with Gasteiger partial charge in [-0.3, -0.25) is 4.79 Å². The summed E-state index contributed by atoms with van der Waals surface area (Å²) in [6.45, 7) is 3.98. The zero-order chi connectivity index (χ0) is 11.5. The quantitative estimate of drug-likeness (QED) is 0.802. The first kappa shape index (κ1) is 11.3. The number of carbonyl (C=O) groups excluding carboxylic acids is 1. The van der Waals surface area contributed by atoms with Crippen LogP contribution in [0.5, 0.6) is 0 Å². The molecule has 2 rings (SSSR count). The molecule has 0 aliphatic heterocycles. The fourth-order valence-electron chi connectivity index (χ4n) is 1.77. The predicted octanol–water partition coefficient (Wildman–Crippen LogP) is 3.05. The van der Waals surface area contributed by atoms with Crippen molar-refractivity contribution in [2.45, 2.75) is 33.1 Å². The summed E-state index contributed by atoms with van der Waals surface area (Å²) < 4.78 is 0. The first-order chi connectivity index (χ1) is 7.66. The molecule has 1 unspecified atom stereocenters. The van der Waals surface area contributed by atoms with E-state index < -0.39 is 0 Å². The number of hydrogen-bond donors (Lipinski definition) is 1. The SMILES string of the molecule is Cc1nc(NC(=O)C2CC=CCC2)sc1C. The number of allylic oxidation sites excluding steroid dienone is 2. The molecule has 86 valence electrons. The van der Waals surface area contributed by atoms with Gasteiger partial charge in [-0.1, -0.05) is 12.2 Å². The molecule has 1 atom stereocenters. The van der Waals surface area contributed by atoms with Crippen molar-refractivity contribution in [3.05, 3.63) is 22.7 Å². The summed E-state index contributed by atoms with van der Waals surface area (Å²) in [6, 6.07) is 0. The van der Waals surface area contributed by atoms with Gasteiger partial charge in [-0.05, 0) is 33.1 Å². The summed E-state index contributed by atoms with van der Waals surface area (Å²) >= 11 is 1.55. The van der Waals surface area contributed by atoms with Gasteiger partial charge in [0.05, 0.1) is 5.69 Å². The maximum absolute atomic E-state index is 11.9. The molecule has 0 fully saturated rings. The number of nitrogens with one attached hydrogen (secondary N) is 1. The molecule has 4 heteroatoms. The van der Waals surface area contributed by atoms with Crippen LogP contribution < -0.4 is 5.32 Å². The molecule has 1 aromatic heterocycles. The van der Waals surface area contributed by atoms with E-state index in [1.807, 2.05) is 13.8 Å². The van der Waals surface area contributed by atoms with Crippen molar-refractivity contribution < 1.29 is 4.79 Å². The lowest BCUT2D eigenvalue weighted by Crippen LogP contribution is -2.23. The standard InChI is InChI=1S/C12H16N2OS/c1-8-9(2)16-12(13-8)14-11(15)10-6-4-3-5-7-10/h3-4,10H,5-7H2,1-2H3,(H,13,14,15). The Bertz CT molecular complexity index is 403. The van der Waals surface area contributed by atoms with Crippen molar-refractivity contribution in [3.63, 3.8) is 0 Å². The normalized spacial score (nSPS) is 19.8. The predicted molar refractivity (Wildman–Crippen MR) is 66.7 cm³/mol. The summed E-state index contributed by atoms with van der Waals surface area (Å²) in [5, 5.41) is 3.64. The van der Waals surface area contributed by atoms with Crippen molar-refractivity contribution in [3.8, 4) is 0 Å². The molecule has 1 aliphatic carbocycles. The van der Waals surface area contributed by atoms with Gasteiger partial charge >= 0.3 is 0 Å². The van der Waals surface area contributed by atoms with Crippen LogP contribution in [0.4, 0.5) is 5.13 Å². The molecule has 0 aromatic carbocycles. The van der Waals surface area contributed by atoms with Gasteiger partial charge < -0.3 is 5.32 Å². The molecule has 1 heterocycles. The number of thiazole rings is 1. The van der Waals surface area contributed by atoms with E-state index in [0.717, 1.165) is 30.1 Å². The van der Waals surface area contributed by atoms with Crippen LogP contribution in [0.1, 0.15) is 29.8 Å². The molecule has 1 aromatic rings. The number of amides is 1. The van der Waals surface area contributed by atoms with Crippen molar-refractivity contribution >= 4 is 22.4 Å². The first-order valence-electron chi connectivity index (χ1n) is 5.56. The summed E-state index contributed by atoms with van der Waals surface area (Å²) in [4.78, 5) is 17.4. The van der Waals surface area contributed by atoms with Gasteiger partial charge in [0, 0.05) is 10.8 Å². The summed E-state index contributed by atoms with van der Waals surface area (Å²) in [6.07, 6.45) is 7.04. The van der Waals surface area contributed by atoms with E-state index in [4.69, 9.17) is 0 Å².